The number of anilines is 1. The van der Waals surface area contributed by atoms with Gasteiger partial charge >= 0.3 is 0 Å². The Bertz CT molecular complexity index is 1250. The molecule has 4 rings (SSSR count). The van der Waals surface area contributed by atoms with Crippen molar-refractivity contribution in [3.05, 3.63) is 87.1 Å². The van der Waals surface area contributed by atoms with E-state index in [2.05, 4.69) is 10.6 Å². The molecule has 2 aliphatic heterocycles. The number of likely N-dealkylation sites (N-methyl/N-ethyl adjacent to an activating group) is 1. The quantitative estimate of drug-likeness (QED) is 0.513. The number of halogens is 1. The number of allylic oxidation sites excluding steroid dienone is 1. The lowest BCUT2D eigenvalue weighted by molar-refractivity contribution is -0.120. The molecule has 2 aromatic carbocycles. The van der Waals surface area contributed by atoms with Crippen LogP contribution in [0.5, 0.6) is 0 Å². The van der Waals surface area contributed by atoms with Gasteiger partial charge in [-0.05, 0) is 62.7 Å². The van der Waals surface area contributed by atoms with Crippen molar-refractivity contribution < 1.29 is 9.59 Å². The minimum Gasteiger partial charge on any atom is -0.354 e. The van der Waals surface area contributed by atoms with E-state index in [1.54, 1.807) is 0 Å². The van der Waals surface area contributed by atoms with Gasteiger partial charge in [-0.15, -0.1) is 0 Å². The van der Waals surface area contributed by atoms with E-state index in [9.17, 15) is 9.59 Å². The molecule has 1 atom stereocenters. The van der Waals surface area contributed by atoms with E-state index in [-0.39, 0.29) is 18.2 Å². The second-order valence-corrected chi connectivity index (χ2v) is 10.3. The number of benzene rings is 2. The van der Waals surface area contributed by atoms with Gasteiger partial charge in [0, 0.05) is 29.5 Å². The van der Waals surface area contributed by atoms with Gasteiger partial charge in [0.2, 0.25) is 5.91 Å². The normalized spacial score (nSPS) is 17.1. The minimum absolute atomic E-state index is 0.0722. The summed E-state index contributed by atoms with van der Waals surface area (Å²) in [7, 11) is 3.93. The van der Waals surface area contributed by atoms with Gasteiger partial charge in [-0.1, -0.05) is 53.7 Å². The van der Waals surface area contributed by atoms with Crippen molar-refractivity contribution in [3.8, 4) is 0 Å². The first-order valence-electron chi connectivity index (χ1n) is 11.7. The van der Waals surface area contributed by atoms with Gasteiger partial charge in [-0.2, -0.15) is 0 Å². The van der Waals surface area contributed by atoms with Gasteiger partial charge in [0.25, 0.3) is 5.91 Å². The number of rotatable bonds is 8. The number of amidine groups is 1. The van der Waals surface area contributed by atoms with E-state index in [1.165, 1.54) is 11.8 Å². The maximum absolute atomic E-state index is 13.7. The molecule has 0 saturated carbocycles. The standard InChI is InChI=1S/C27H30ClN5O2S/c1-17-7-5-6-8-22(17)31-26(35)24-18(2)30-27-33(25(24)19-9-11-20(28)12-10-19)21(16-36-27)15-23(34)29-13-14-32(3)4/h5-12,16,25H,13-15H2,1-4H3,(H,29,34)(H,31,35). The minimum atomic E-state index is -0.449. The number of aryl methyl sites for hydroxylation is 1. The Morgan fingerprint density at radius 3 is 2.53 bits per heavy atom. The van der Waals surface area contributed by atoms with Gasteiger partial charge in [0.1, 0.15) is 0 Å². The van der Waals surface area contributed by atoms with E-state index in [0.29, 0.717) is 22.8 Å². The maximum Gasteiger partial charge on any atom is 0.255 e. The molecule has 7 nitrogen and oxygen atoms in total. The highest BCUT2D eigenvalue weighted by atomic mass is 35.5. The lowest BCUT2D eigenvalue weighted by Gasteiger charge is -2.36. The molecule has 188 valence electrons. The number of carbonyl (C=O) groups is 2. The highest BCUT2D eigenvalue weighted by molar-refractivity contribution is 8.16. The summed E-state index contributed by atoms with van der Waals surface area (Å²) in [4.78, 5) is 35.2. The number of hydrogen-bond donors (Lipinski definition) is 2. The fraction of sp³-hybridized carbons (Fsp3) is 0.296. The zero-order chi connectivity index (χ0) is 25.8. The monoisotopic (exact) mass is 523 g/mol. The Hall–Kier alpha value is -3.07. The molecule has 0 fully saturated rings. The van der Waals surface area contributed by atoms with Crippen LogP contribution in [0.1, 0.15) is 30.5 Å². The van der Waals surface area contributed by atoms with Crippen LogP contribution < -0.4 is 10.6 Å². The molecule has 2 N–H and O–H groups in total. The summed E-state index contributed by atoms with van der Waals surface area (Å²) in [6, 6.07) is 14.7. The van der Waals surface area contributed by atoms with Gasteiger partial charge in [-0.25, -0.2) is 4.99 Å². The first-order valence-corrected chi connectivity index (χ1v) is 13.0. The van der Waals surface area contributed by atoms with E-state index in [1.807, 2.05) is 91.7 Å². The molecule has 1 unspecified atom stereocenters. The third kappa shape index (κ3) is 5.83. The van der Waals surface area contributed by atoms with Crippen LogP contribution in [0.3, 0.4) is 0 Å². The lowest BCUT2D eigenvalue weighted by Crippen LogP contribution is -2.39. The smallest absolute Gasteiger partial charge is 0.255 e. The van der Waals surface area contributed by atoms with Crippen molar-refractivity contribution in [2.45, 2.75) is 26.3 Å². The number of hydrogen-bond acceptors (Lipinski definition) is 6. The van der Waals surface area contributed by atoms with E-state index >= 15 is 0 Å². The van der Waals surface area contributed by atoms with Crippen molar-refractivity contribution in [1.29, 1.82) is 0 Å². The maximum atomic E-state index is 13.7. The van der Waals surface area contributed by atoms with Crippen molar-refractivity contribution in [2.24, 2.45) is 4.99 Å². The summed E-state index contributed by atoms with van der Waals surface area (Å²) in [5.41, 5.74) is 4.59. The summed E-state index contributed by atoms with van der Waals surface area (Å²) in [6.45, 7) is 5.13. The number of amides is 2. The third-order valence-corrected chi connectivity index (χ3v) is 7.19. The summed E-state index contributed by atoms with van der Waals surface area (Å²) in [5.74, 6) is -0.298. The number of carbonyl (C=O) groups excluding carboxylic acids is 2. The average molecular weight is 524 g/mol. The third-order valence-electron chi connectivity index (χ3n) is 6.05. The van der Waals surface area contributed by atoms with E-state index < -0.39 is 6.04 Å². The molecular weight excluding hydrogens is 494 g/mol. The van der Waals surface area contributed by atoms with Crippen LogP contribution in [0, 0.1) is 6.92 Å². The Kier molecular flexibility index (Phi) is 8.18. The van der Waals surface area contributed by atoms with Crippen molar-refractivity contribution >= 4 is 46.0 Å². The Morgan fingerprint density at radius 1 is 1.11 bits per heavy atom. The first-order chi connectivity index (χ1) is 17.2. The zero-order valence-corrected chi connectivity index (χ0v) is 22.4. The zero-order valence-electron chi connectivity index (χ0n) is 20.8. The van der Waals surface area contributed by atoms with Crippen LogP contribution in [0.25, 0.3) is 0 Å². The summed E-state index contributed by atoms with van der Waals surface area (Å²) in [6.07, 6.45) is 0.190. The molecule has 0 aromatic heterocycles. The highest BCUT2D eigenvalue weighted by Crippen LogP contribution is 2.45. The Labute approximate surface area is 221 Å². The van der Waals surface area contributed by atoms with Crippen LogP contribution in [-0.2, 0) is 9.59 Å². The van der Waals surface area contributed by atoms with Crippen molar-refractivity contribution in [3.63, 3.8) is 0 Å². The molecule has 2 aromatic rings. The summed E-state index contributed by atoms with van der Waals surface area (Å²) < 4.78 is 0. The van der Waals surface area contributed by atoms with Gasteiger partial charge in [0.05, 0.1) is 23.7 Å². The number of nitrogens with zero attached hydrogens (tertiary/aromatic N) is 3. The van der Waals surface area contributed by atoms with Gasteiger partial charge < -0.3 is 20.4 Å². The molecule has 0 saturated heterocycles. The summed E-state index contributed by atoms with van der Waals surface area (Å²) >= 11 is 7.65. The topological polar surface area (TPSA) is 77.0 Å². The second-order valence-electron chi connectivity index (χ2n) is 9.04. The molecule has 2 heterocycles. The Balaban J connectivity index is 1.66. The number of nitrogens with one attached hydrogen (secondary N) is 2. The largest absolute Gasteiger partial charge is 0.354 e. The van der Waals surface area contributed by atoms with Crippen LogP contribution in [0.4, 0.5) is 5.69 Å². The predicted molar refractivity (Wildman–Crippen MR) is 148 cm³/mol. The molecule has 2 amide bonds. The number of para-hydroxylation sites is 1. The molecule has 0 aliphatic carbocycles. The highest BCUT2D eigenvalue weighted by Gasteiger charge is 2.40. The molecule has 0 radical (unpaired) electrons. The van der Waals surface area contributed by atoms with E-state index in [4.69, 9.17) is 16.6 Å². The average Bonchev–Trinajstić information content (AvgIpc) is 3.21. The van der Waals surface area contributed by atoms with Crippen LogP contribution in [0.2, 0.25) is 5.02 Å². The fourth-order valence-corrected chi connectivity index (χ4v) is 5.26. The number of fused-ring (bicyclic) bond motifs is 1. The lowest BCUT2D eigenvalue weighted by atomic mass is 9.93. The number of aliphatic imine (C=N–C) groups is 1. The van der Waals surface area contributed by atoms with E-state index in [0.717, 1.165) is 34.2 Å². The molecule has 0 bridgehead atoms. The summed E-state index contributed by atoms with van der Waals surface area (Å²) in [5, 5.41) is 9.35. The van der Waals surface area contributed by atoms with Crippen LogP contribution in [-0.4, -0.2) is 54.0 Å². The van der Waals surface area contributed by atoms with Gasteiger partial charge in [0.15, 0.2) is 5.17 Å². The fourth-order valence-electron chi connectivity index (χ4n) is 4.17. The van der Waals surface area contributed by atoms with Gasteiger partial charge in [-0.3, -0.25) is 9.59 Å². The molecule has 2 aliphatic rings. The van der Waals surface area contributed by atoms with Crippen molar-refractivity contribution in [1.82, 2.24) is 15.1 Å². The van der Waals surface area contributed by atoms with Crippen molar-refractivity contribution in [2.75, 3.05) is 32.5 Å². The SMILES string of the molecule is CC1=C(C(=O)Nc2ccccc2C)C(c2ccc(Cl)cc2)N2C(CC(=O)NCCN(C)C)=CSC2=N1. The molecule has 36 heavy (non-hydrogen) atoms. The second kappa shape index (κ2) is 11.3. The molecule has 9 heteroatoms. The number of thioether (sulfide) groups is 1. The Morgan fingerprint density at radius 2 is 1.83 bits per heavy atom. The molecule has 0 spiro atoms. The predicted octanol–water partition coefficient (Wildman–Crippen LogP) is 4.93. The van der Waals surface area contributed by atoms with Crippen LogP contribution in [0.15, 0.2) is 75.9 Å². The molecular formula is C27H30ClN5O2S. The van der Waals surface area contributed by atoms with Crippen LogP contribution >= 0.6 is 23.4 Å². The first kappa shape index (κ1) is 26.0.